The molecule has 0 aliphatic carbocycles. The molecule has 0 saturated heterocycles. The van der Waals surface area contributed by atoms with Crippen LogP contribution < -0.4 is 5.32 Å². The first kappa shape index (κ1) is 10.6. The van der Waals surface area contributed by atoms with E-state index in [1.54, 1.807) is 0 Å². The molecule has 0 aliphatic heterocycles. The highest BCUT2D eigenvalue weighted by atomic mass is 16.2. The fourth-order valence-electron chi connectivity index (χ4n) is 0.790. The molecule has 0 aromatic carbocycles. The van der Waals surface area contributed by atoms with Crippen LogP contribution in [0.25, 0.3) is 0 Å². The summed E-state index contributed by atoms with van der Waals surface area (Å²) in [5.41, 5.74) is 0.332. The summed E-state index contributed by atoms with van der Waals surface area (Å²) in [5.74, 6) is -0.00360. The van der Waals surface area contributed by atoms with Crippen LogP contribution in [-0.2, 0) is 11.3 Å². The summed E-state index contributed by atoms with van der Waals surface area (Å²) in [6, 6.07) is 0. The normalized spacial score (nSPS) is 11.1. The molecular formula is C9H14N4O. The number of carbonyl (C=O) groups excluding carboxylic acids is 1. The van der Waals surface area contributed by atoms with Gasteiger partial charge in [-0.25, -0.2) is 4.98 Å². The van der Waals surface area contributed by atoms with Crippen molar-refractivity contribution in [2.75, 3.05) is 0 Å². The van der Waals surface area contributed by atoms with Crippen LogP contribution in [0.4, 0.5) is 0 Å². The highest BCUT2D eigenvalue weighted by Gasteiger charge is 2.20. The van der Waals surface area contributed by atoms with Gasteiger partial charge in [0.05, 0.1) is 18.4 Å². The Morgan fingerprint density at radius 3 is 2.64 bits per heavy atom. The maximum Gasteiger partial charge on any atom is 0.225 e. The average Bonchev–Trinajstić information content (AvgIpc) is 2.14. The van der Waals surface area contributed by atoms with Crippen LogP contribution in [0.5, 0.6) is 0 Å². The van der Waals surface area contributed by atoms with E-state index in [1.165, 1.54) is 12.5 Å². The second-order valence-electron chi connectivity index (χ2n) is 4.03. The molecule has 1 aromatic rings. The topological polar surface area (TPSA) is 67.8 Å². The molecule has 1 heterocycles. The van der Waals surface area contributed by atoms with Gasteiger partial charge in [0.25, 0.3) is 0 Å². The second kappa shape index (κ2) is 4.13. The smallest absolute Gasteiger partial charge is 0.225 e. The average molecular weight is 194 g/mol. The lowest BCUT2D eigenvalue weighted by Gasteiger charge is -2.17. The molecule has 1 aromatic heterocycles. The van der Waals surface area contributed by atoms with E-state index in [2.05, 4.69) is 20.5 Å². The summed E-state index contributed by atoms with van der Waals surface area (Å²) in [4.78, 5) is 15.4. The number of nitrogens with one attached hydrogen (secondary N) is 1. The van der Waals surface area contributed by atoms with Crippen LogP contribution >= 0.6 is 0 Å². The van der Waals surface area contributed by atoms with Gasteiger partial charge < -0.3 is 5.32 Å². The first-order valence-corrected chi connectivity index (χ1v) is 4.40. The van der Waals surface area contributed by atoms with Gasteiger partial charge in [-0.05, 0) is 0 Å². The highest BCUT2D eigenvalue weighted by molar-refractivity contribution is 5.81. The minimum absolute atomic E-state index is 0.00360. The summed E-state index contributed by atoms with van der Waals surface area (Å²) in [5, 5.41) is 9.98. The molecule has 0 saturated carbocycles. The summed E-state index contributed by atoms with van der Waals surface area (Å²) in [7, 11) is 0. The van der Waals surface area contributed by atoms with Crippen LogP contribution in [0.1, 0.15) is 26.5 Å². The van der Waals surface area contributed by atoms with Crippen molar-refractivity contribution < 1.29 is 4.79 Å². The molecule has 0 unspecified atom stereocenters. The summed E-state index contributed by atoms with van der Waals surface area (Å²) < 4.78 is 0. The number of nitrogens with zero attached hydrogens (tertiary/aromatic N) is 3. The molecule has 1 rings (SSSR count). The molecule has 0 radical (unpaired) electrons. The lowest BCUT2D eigenvalue weighted by molar-refractivity contribution is -0.128. The van der Waals surface area contributed by atoms with E-state index >= 15 is 0 Å². The zero-order valence-corrected chi connectivity index (χ0v) is 8.61. The molecular weight excluding hydrogens is 180 g/mol. The van der Waals surface area contributed by atoms with E-state index in [1.807, 2.05) is 20.8 Å². The van der Waals surface area contributed by atoms with Gasteiger partial charge in [-0.2, -0.15) is 5.10 Å². The third-order valence-electron chi connectivity index (χ3n) is 1.66. The minimum Gasteiger partial charge on any atom is -0.350 e. The SMILES string of the molecule is CC(C)(C)C(=O)NCc1cnncn1. The predicted molar refractivity (Wildman–Crippen MR) is 51.1 cm³/mol. The Hall–Kier alpha value is -1.52. The number of aromatic nitrogens is 3. The van der Waals surface area contributed by atoms with Crippen LogP contribution in [0.3, 0.4) is 0 Å². The number of hydrogen-bond donors (Lipinski definition) is 1. The van der Waals surface area contributed by atoms with Crippen molar-refractivity contribution in [2.24, 2.45) is 5.41 Å². The molecule has 76 valence electrons. The van der Waals surface area contributed by atoms with E-state index in [0.717, 1.165) is 0 Å². The van der Waals surface area contributed by atoms with Crippen LogP contribution in [0.15, 0.2) is 12.5 Å². The molecule has 0 atom stereocenters. The maximum absolute atomic E-state index is 11.5. The van der Waals surface area contributed by atoms with Gasteiger partial charge in [0.1, 0.15) is 6.33 Å². The Bertz CT molecular complexity index is 304. The molecule has 5 nitrogen and oxygen atoms in total. The van der Waals surface area contributed by atoms with Gasteiger partial charge in [0.15, 0.2) is 0 Å². The molecule has 0 fully saturated rings. The van der Waals surface area contributed by atoms with Crippen molar-refractivity contribution in [1.82, 2.24) is 20.5 Å². The van der Waals surface area contributed by atoms with Gasteiger partial charge >= 0.3 is 0 Å². The number of amides is 1. The van der Waals surface area contributed by atoms with E-state index in [0.29, 0.717) is 12.2 Å². The van der Waals surface area contributed by atoms with Gasteiger partial charge in [-0.3, -0.25) is 4.79 Å². The van der Waals surface area contributed by atoms with E-state index < -0.39 is 0 Å². The molecule has 1 N–H and O–H groups in total. The van der Waals surface area contributed by atoms with Crippen molar-refractivity contribution in [3.8, 4) is 0 Å². The molecule has 14 heavy (non-hydrogen) atoms. The Kier molecular flexibility index (Phi) is 3.11. The molecule has 0 bridgehead atoms. The van der Waals surface area contributed by atoms with Crippen LogP contribution in [0.2, 0.25) is 0 Å². The number of hydrogen-bond acceptors (Lipinski definition) is 4. The van der Waals surface area contributed by atoms with Crippen molar-refractivity contribution in [3.05, 3.63) is 18.2 Å². The van der Waals surface area contributed by atoms with E-state index in [-0.39, 0.29) is 11.3 Å². The summed E-state index contributed by atoms with van der Waals surface area (Å²) in [6.45, 7) is 5.98. The van der Waals surface area contributed by atoms with Gasteiger partial charge in [-0.15, -0.1) is 5.10 Å². The van der Waals surface area contributed by atoms with Crippen molar-refractivity contribution in [2.45, 2.75) is 27.3 Å². The lowest BCUT2D eigenvalue weighted by Crippen LogP contribution is -2.34. The van der Waals surface area contributed by atoms with Gasteiger partial charge in [0.2, 0.25) is 5.91 Å². The number of rotatable bonds is 2. The first-order valence-electron chi connectivity index (χ1n) is 4.40. The molecule has 1 amide bonds. The third kappa shape index (κ3) is 3.08. The monoisotopic (exact) mass is 194 g/mol. The summed E-state index contributed by atoms with van der Waals surface area (Å²) in [6.07, 6.45) is 2.89. The Morgan fingerprint density at radius 1 is 1.43 bits per heavy atom. The molecule has 0 spiro atoms. The fraction of sp³-hybridized carbons (Fsp3) is 0.556. The quantitative estimate of drug-likeness (QED) is 0.745. The third-order valence-corrected chi connectivity index (χ3v) is 1.66. The maximum atomic E-state index is 11.5. The molecule has 5 heteroatoms. The first-order chi connectivity index (χ1) is 6.50. The molecule has 0 aliphatic rings. The minimum atomic E-state index is -0.375. The largest absolute Gasteiger partial charge is 0.350 e. The predicted octanol–water partition coefficient (Wildman–Crippen LogP) is 0.534. The zero-order chi connectivity index (χ0) is 10.6. The van der Waals surface area contributed by atoms with E-state index in [4.69, 9.17) is 0 Å². The zero-order valence-electron chi connectivity index (χ0n) is 8.61. The fourth-order valence-corrected chi connectivity index (χ4v) is 0.790. The standard InChI is InChI=1S/C9H14N4O/c1-9(2,3)8(14)10-4-7-5-12-13-6-11-7/h5-6H,4H2,1-3H3,(H,10,14). The summed E-state index contributed by atoms with van der Waals surface area (Å²) >= 11 is 0. The van der Waals surface area contributed by atoms with Crippen molar-refractivity contribution in [1.29, 1.82) is 0 Å². The Morgan fingerprint density at radius 2 is 2.14 bits per heavy atom. The number of carbonyl (C=O) groups is 1. The van der Waals surface area contributed by atoms with Gasteiger partial charge in [-0.1, -0.05) is 20.8 Å². The Labute approximate surface area is 83.0 Å². The van der Waals surface area contributed by atoms with Gasteiger partial charge in [0, 0.05) is 5.41 Å². The highest BCUT2D eigenvalue weighted by Crippen LogP contribution is 2.12. The van der Waals surface area contributed by atoms with Crippen molar-refractivity contribution in [3.63, 3.8) is 0 Å². The second-order valence-corrected chi connectivity index (χ2v) is 4.03. The lowest BCUT2D eigenvalue weighted by atomic mass is 9.96. The van der Waals surface area contributed by atoms with E-state index in [9.17, 15) is 4.79 Å². The van der Waals surface area contributed by atoms with Crippen molar-refractivity contribution >= 4 is 5.91 Å². The Balaban J connectivity index is 2.46. The van der Waals surface area contributed by atoms with Crippen LogP contribution in [-0.4, -0.2) is 21.1 Å². The van der Waals surface area contributed by atoms with Crippen LogP contribution in [0, 0.1) is 5.41 Å².